The predicted octanol–water partition coefficient (Wildman–Crippen LogP) is 1.27. The first kappa shape index (κ1) is 10.3. The molecule has 16 heavy (non-hydrogen) atoms. The fourth-order valence-corrected chi connectivity index (χ4v) is 2.75. The van der Waals surface area contributed by atoms with Crippen LogP contribution < -0.4 is 5.56 Å². The van der Waals surface area contributed by atoms with Gasteiger partial charge in [-0.2, -0.15) is 4.98 Å². The zero-order valence-corrected chi connectivity index (χ0v) is 10.0. The number of H-pyrrole nitrogens is 1. The van der Waals surface area contributed by atoms with Crippen LogP contribution in [0.15, 0.2) is 9.27 Å². The van der Waals surface area contributed by atoms with Crippen LogP contribution in [0.25, 0.3) is 0 Å². The van der Waals surface area contributed by atoms with Crippen molar-refractivity contribution >= 4 is 15.9 Å². The lowest BCUT2D eigenvalue weighted by atomic mass is 9.88. The lowest BCUT2D eigenvalue weighted by molar-refractivity contribution is 0.0998. The van der Waals surface area contributed by atoms with Gasteiger partial charge in [0.2, 0.25) is 5.88 Å². The molecule has 86 valence electrons. The summed E-state index contributed by atoms with van der Waals surface area (Å²) in [5, 5.41) is 9.49. The molecule has 2 fully saturated rings. The van der Waals surface area contributed by atoms with Crippen molar-refractivity contribution in [2.24, 2.45) is 0 Å². The summed E-state index contributed by atoms with van der Waals surface area (Å²) in [6, 6.07) is 0. The Kier molecular flexibility index (Phi) is 2.29. The summed E-state index contributed by atoms with van der Waals surface area (Å²) in [7, 11) is 0. The molecule has 2 aliphatic rings. The molecule has 2 bridgehead atoms. The van der Waals surface area contributed by atoms with E-state index < -0.39 is 0 Å². The lowest BCUT2D eigenvalue weighted by Gasteiger charge is -2.17. The molecule has 6 heteroatoms. The molecule has 0 aliphatic carbocycles. The maximum atomic E-state index is 11.5. The quantitative estimate of drug-likeness (QED) is 0.815. The van der Waals surface area contributed by atoms with Crippen LogP contribution in [-0.4, -0.2) is 27.3 Å². The summed E-state index contributed by atoms with van der Waals surface area (Å²) in [6.07, 6.45) is 3.43. The number of hydrogen-bond donors (Lipinski definition) is 2. The molecule has 3 heterocycles. The smallest absolute Gasteiger partial charge is 0.269 e. The van der Waals surface area contributed by atoms with Gasteiger partial charge in [-0.15, -0.1) is 0 Å². The van der Waals surface area contributed by atoms with E-state index in [4.69, 9.17) is 4.74 Å². The Morgan fingerprint density at radius 1 is 1.50 bits per heavy atom. The van der Waals surface area contributed by atoms with Gasteiger partial charge in [-0.25, -0.2) is 0 Å². The summed E-state index contributed by atoms with van der Waals surface area (Å²) in [5.41, 5.74) is -0.342. The molecule has 2 N–H and O–H groups in total. The Labute approximate surface area is 100.0 Å². The lowest BCUT2D eigenvalue weighted by Crippen LogP contribution is -2.21. The maximum Gasteiger partial charge on any atom is 0.269 e. The SMILES string of the molecule is O=c1[nH]c(C2CC3CCC2O3)nc(O)c1Br. The van der Waals surface area contributed by atoms with Crippen molar-refractivity contribution in [3.63, 3.8) is 0 Å². The van der Waals surface area contributed by atoms with Crippen molar-refractivity contribution < 1.29 is 9.84 Å². The molecule has 0 radical (unpaired) electrons. The molecule has 0 saturated carbocycles. The van der Waals surface area contributed by atoms with E-state index in [2.05, 4.69) is 25.9 Å². The zero-order valence-electron chi connectivity index (χ0n) is 8.44. The monoisotopic (exact) mass is 286 g/mol. The van der Waals surface area contributed by atoms with Gasteiger partial charge in [-0.05, 0) is 35.2 Å². The molecule has 1 aromatic rings. The number of aromatic hydroxyl groups is 1. The largest absolute Gasteiger partial charge is 0.492 e. The van der Waals surface area contributed by atoms with Gasteiger partial charge in [0.25, 0.3) is 5.56 Å². The van der Waals surface area contributed by atoms with Crippen LogP contribution in [0.1, 0.15) is 31.0 Å². The highest BCUT2D eigenvalue weighted by atomic mass is 79.9. The summed E-state index contributed by atoms with van der Waals surface area (Å²) >= 11 is 2.98. The minimum Gasteiger partial charge on any atom is -0.492 e. The summed E-state index contributed by atoms with van der Waals surface area (Å²) in [5.74, 6) is 0.407. The van der Waals surface area contributed by atoms with Crippen LogP contribution in [-0.2, 0) is 4.74 Å². The Morgan fingerprint density at radius 2 is 2.31 bits per heavy atom. The predicted molar refractivity (Wildman–Crippen MR) is 59.5 cm³/mol. The van der Waals surface area contributed by atoms with E-state index in [1.807, 2.05) is 0 Å². The highest BCUT2D eigenvalue weighted by Crippen LogP contribution is 2.43. The second-order valence-electron chi connectivity index (χ2n) is 4.30. The number of ether oxygens (including phenoxy) is 1. The van der Waals surface area contributed by atoms with Crippen molar-refractivity contribution in [3.05, 3.63) is 20.7 Å². The number of hydrogen-bond acceptors (Lipinski definition) is 4. The van der Waals surface area contributed by atoms with Gasteiger partial charge in [-0.3, -0.25) is 4.79 Å². The average Bonchev–Trinajstić information content (AvgIpc) is 2.86. The Balaban J connectivity index is 1.99. The number of aromatic amines is 1. The molecular formula is C10H11BrN2O3. The number of rotatable bonds is 1. The fraction of sp³-hybridized carbons (Fsp3) is 0.600. The average molecular weight is 287 g/mol. The maximum absolute atomic E-state index is 11.5. The van der Waals surface area contributed by atoms with Gasteiger partial charge < -0.3 is 14.8 Å². The molecule has 0 aromatic carbocycles. The van der Waals surface area contributed by atoms with Crippen molar-refractivity contribution in [3.8, 4) is 5.88 Å². The van der Waals surface area contributed by atoms with Crippen LogP contribution in [0.3, 0.4) is 0 Å². The number of nitrogens with zero attached hydrogens (tertiary/aromatic N) is 1. The molecule has 2 aliphatic heterocycles. The molecule has 0 amide bonds. The molecule has 1 aromatic heterocycles. The normalized spacial score (nSPS) is 32.2. The molecule has 5 nitrogen and oxygen atoms in total. The van der Waals surface area contributed by atoms with Crippen LogP contribution >= 0.6 is 15.9 Å². The Morgan fingerprint density at radius 3 is 2.88 bits per heavy atom. The Hall–Kier alpha value is -0.880. The van der Waals surface area contributed by atoms with Crippen LogP contribution in [0, 0.1) is 0 Å². The third kappa shape index (κ3) is 1.48. The van der Waals surface area contributed by atoms with Gasteiger partial charge in [-0.1, -0.05) is 0 Å². The second kappa shape index (κ2) is 3.56. The van der Waals surface area contributed by atoms with Gasteiger partial charge in [0.1, 0.15) is 10.3 Å². The first-order chi connectivity index (χ1) is 7.65. The fourth-order valence-electron chi connectivity index (χ4n) is 2.57. The second-order valence-corrected chi connectivity index (χ2v) is 5.10. The van der Waals surface area contributed by atoms with Crippen LogP contribution in [0.5, 0.6) is 5.88 Å². The van der Waals surface area contributed by atoms with Gasteiger partial charge >= 0.3 is 0 Å². The molecular weight excluding hydrogens is 276 g/mol. The van der Waals surface area contributed by atoms with Crippen molar-refractivity contribution in [1.29, 1.82) is 0 Å². The molecule has 3 atom stereocenters. The van der Waals surface area contributed by atoms with E-state index in [1.54, 1.807) is 0 Å². The van der Waals surface area contributed by atoms with Crippen LogP contribution in [0.4, 0.5) is 0 Å². The third-order valence-corrected chi connectivity index (χ3v) is 4.04. The highest BCUT2D eigenvalue weighted by molar-refractivity contribution is 9.10. The van der Waals surface area contributed by atoms with Gasteiger partial charge in [0.15, 0.2) is 0 Å². The standard InChI is InChI=1S/C10H11BrN2O3/c11-7-9(14)12-8(13-10(7)15)5-3-4-1-2-6(5)16-4/h4-6H,1-3H2,(H2,12,13,14,15). The molecule has 0 spiro atoms. The van der Waals surface area contributed by atoms with Crippen molar-refractivity contribution in [2.75, 3.05) is 0 Å². The minimum atomic E-state index is -0.342. The van der Waals surface area contributed by atoms with E-state index in [9.17, 15) is 9.90 Å². The molecule has 3 rings (SSSR count). The number of nitrogens with one attached hydrogen (secondary N) is 1. The zero-order chi connectivity index (χ0) is 11.3. The molecule has 2 saturated heterocycles. The first-order valence-electron chi connectivity index (χ1n) is 5.29. The summed E-state index contributed by atoms with van der Waals surface area (Å²) < 4.78 is 5.78. The minimum absolute atomic E-state index is 0.0836. The van der Waals surface area contributed by atoms with E-state index in [0.29, 0.717) is 11.9 Å². The number of fused-ring (bicyclic) bond motifs is 2. The topological polar surface area (TPSA) is 75.2 Å². The first-order valence-corrected chi connectivity index (χ1v) is 6.08. The van der Waals surface area contributed by atoms with E-state index >= 15 is 0 Å². The highest BCUT2D eigenvalue weighted by Gasteiger charge is 2.42. The third-order valence-electron chi connectivity index (χ3n) is 3.32. The van der Waals surface area contributed by atoms with Crippen LogP contribution in [0.2, 0.25) is 0 Å². The summed E-state index contributed by atoms with van der Waals surface area (Å²) in [6.45, 7) is 0. The van der Waals surface area contributed by atoms with Crippen molar-refractivity contribution in [2.45, 2.75) is 37.4 Å². The summed E-state index contributed by atoms with van der Waals surface area (Å²) in [4.78, 5) is 18.2. The molecule has 3 unspecified atom stereocenters. The van der Waals surface area contributed by atoms with Gasteiger partial charge in [0, 0.05) is 5.92 Å². The van der Waals surface area contributed by atoms with Gasteiger partial charge in [0.05, 0.1) is 12.2 Å². The van der Waals surface area contributed by atoms with E-state index in [0.717, 1.165) is 19.3 Å². The number of aromatic nitrogens is 2. The number of halogens is 1. The van der Waals surface area contributed by atoms with E-state index in [-0.39, 0.29) is 27.9 Å². The van der Waals surface area contributed by atoms with Crippen molar-refractivity contribution in [1.82, 2.24) is 9.97 Å². The Bertz CT molecular complexity index is 487. The van der Waals surface area contributed by atoms with E-state index in [1.165, 1.54) is 0 Å².